The minimum Gasteiger partial charge on any atom is -0.624 e. The number of hydroxylamine groups is 1. The lowest BCUT2D eigenvalue weighted by molar-refractivity contribution is -0.469. The number of fused-ring (bicyclic) bond motifs is 1. The largest absolute Gasteiger partial charge is 0.624 e. The normalized spacial score (nSPS) is 12.1. The summed E-state index contributed by atoms with van der Waals surface area (Å²) in [5, 5.41) is 13.2. The van der Waals surface area contributed by atoms with Crippen molar-refractivity contribution in [2.75, 3.05) is 7.11 Å². The number of ether oxygens (including phenoxy) is 1. The van der Waals surface area contributed by atoms with Gasteiger partial charge < -0.3 is 9.94 Å². The van der Waals surface area contributed by atoms with Crippen molar-refractivity contribution in [1.29, 1.82) is 0 Å². The molecule has 4 aromatic rings. The number of pyridine rings is 1. The maximum atomic E-state index is 13.3. The molecular formula is C24H20N2O4S. The first-order valence-corrected chi connectivity index (χ1v) is 11.1. The highest BCUT2D eigenvalue weighted by molar-refractivity contribution is 7.91. The van der Waals surface area contributed by atoms with Crippen LogP contribution in [0.4, 0.5) is 0 Å². The Hall–Kier alpha value is -3.71. The average molecular weight is 433 g/mol. The molecule has 0 aliphatic carbocycles. The Kier molecular flexibility index (Phi) is 5.68. The highest BCUT2D eigenvalue weighted by Gasteiger charge is 2.24. The van der Waals surface area contributed by atoms with Crippen LogP contribution in [0.2, 0.25) is 0 Å². The van der Waals surface area contributed by atoms with E-state index in [1.165, 1.54) is 18.3 Å². The number of aromatic nitrogens is 1. The lowest BCUT2D eigenvalue weighted by Crippen LogP contribution is -2.12. The fourth-order valence-electron chi connectivity index (χ4n) is 3.26. The third-order valence-corrected chi connectivity index (χ3v) is 6.52. The van der Waals surface area contributed by atoms with Gasteiger partial charge in [0.2, 0.25) is 9.84 Å². The summed E-state index contributed by atoms with van der Waals surface area (Å²) in [5.74, 6) is 0.613. The molecule has 7 heteroatoms. The van der Waals surface area contributed by atoms with Gasteiger partial charge in [-0.1, -0.05) is 48.5 Å². The molecule has 1 heterocycles. The molecule has 31 heavy (non-hydrogen) atoms. The highest BCUT2D eigenvalue weighted by atomic mass is 32.2. The first kappa shape index (κ1) is 20.6. The Bertz CT molecular complexity index is 1350. The second kappa shape index (κ2) is 8.57. The van der Waals surface area contributed by atoms with Gasteiger partial charge >= 0.3 is 0 Å². The zero-order valence-corrected chi connectivity index (χ0v) is 17.6. The maximum Gasteiger partial charge on any atom is 0.224 e. The van der Waals surface area contributed by atoms with Crippen molar-refractivity contribution in [3.63, 3.8) is 0 Å². The van der Waals surface area contributed by atoms with E-state index >= 15 is 0 Å². The van der Waals surface area contributed by atoms with E-state index in [-0.39, 0.29) is 22.0 Å². The highest BCUT2D eigenvalue weighted by Crippen LogP contribution is 2.27. The van der Waals surface area contributed by atoms with Crippen molar-refractivity contribution in [3.8, 4) is 5.75 Å². The van der Waals surface area contributed by atoms with Crippen molar-refractivity contribution < 1.29 is 17.9 Å². The van der Waals surface area contributed by atoms with Gasteiger partial charge in [0.1, 0.15) is 5.75 Å². The predicted octanol–water partition coefficient (Wildman–Crippen LogP) is 4.21. The topological polar surface area (TPSA) is 82.3 Å². The molecule has 156 valence electrons. The average Bonchev–Trinajstić information content (AvgIpc) is 2.79. The van der Waals surface area contributed by atoms with E-state index in [0.717, 1.165) is 5.56 Å². The lowest BCUT2D eigenvalue weighted by Gasteiger charge is -2.11. The van der Waals surface area contributed by atoms with Gasteiger partial charge in [-0.15, -0.1) is 0 Å². The molecule has 0 aliphatic heterocycles. The number of sulfone groups is 1. The van der Waals surface area contributed by atoms with Gasteiger partial charge in [0.05, 0.1) is 23.1 Å². The Morgan fingerprint density at radius 2 is 1.65 bits per heavy atom. The number of rotatable bonds is 6. The molecule has 0 aliphatic rings. The summed E-state index contributed by atoms with van der Waals surface area (Å²) in [6.07, 6.45) is 1.27. The Balaban J connectivity index is 1.88. The number of hydrogen-bond acceptors (Lipinski definition) is 5. The van der Waals surface area contributed by atoms with Crippen LogP contribution in [0.25, 0.3) is 10.9 Å². The number of benzene rings is 3. The van der Waals surface area contributed by atoms with Crippen LogP contribution >= 0.6 is 0 Å². The number of methoxy groups -OCH3 is 1. The second-order valence-corrected chi connectivity index (χ2v) is 8.81. The summed E-state index contributed by atoms with van der Waals surface area (Å²) in [4.78, 5) is 4.53. The molecule has 0 atom stereocenters. The molecule has 0 saturated heterocycles. The van der Waals surface area contributed by atoms with Crippen LogP contribution in [0.1, 0.15) is 11.1 Å². The molecule has 0 fully saturated rings. The number of hydrogen-bond donors (Lipinski definition) is 0. The Morgan fingerprint density at radius 3 is 2.32 bits per heavy atom. The van der Waals surface area contributed by atoms with Gasteiger partial charge in [-0.2, -0.15) is 0 Å². The minimum absolute atomic E-state index is 0.0851. The van der Waals surface area contributed by atoms with E-state index in [1.807, 2.05) is 30.3 Å². The van der Waals surface area contributed by atoms with Gasteiger partial charge in [-0.25, -0.2) is 18.1 Å². The first-order chi connectivity index (χ1) is 15.0. The van der Waals surface area contributed by atoms with Crippen molar-refractivity contribution in [3.05, 3.63) is 101 Å². The lowest BCUT2D eigenvalue weighted by atomic mass is 10.1. The van der Waals surface area contributed by atoms with E-state index in [2.05, 4.69) is 4.98 Å². The quantitative estimate of drug-likeness (QED) is 0.197. The van der Waals surface area contributed by atoms with E-state index in [1.54, 1.807) is 49.6 Å². The third-order valence-electron chi connectivity index (χ3n) is 4.79. The summed E-state index contributed by atoms with van der Waals surface area (Å²) in [6.45, 7) is 0.0851. The Labute approximate surface area is 180 Å². The van der Waals surface area contributed by atoms with Gasteiger partial charge in [-0.3, -0.25) is 0 Å². The van der Waals surface area contributed by atoms with Crippen molar-refractivity contribution in [2.45, 2.75) is 16.5 Å². The van der Waals surface area contributed by atoms with E-state index in [0.29, 0.717) is 21.4 Å². The summed E-state index contributed by atoms with van der Waals surface area (Å²) in [7, 11) is -2.38. The summed E-state index contributed by atoms with van der Waals surface area (Å²) in [5.41, 5.74) is 1.53. The third kappa shape index (κ3) is 4.41. The SMILES string of the molecule is COc1ccc2nc(S(=O)(=O)c3ccccc3)c(/C=[N+](\[O-])Cc3ccccc3)cc2c1. The minimum atomic E-state index is -3.93. The van der Waals surface area contributed by atoms with Crippen molar-refractivity contribution in [2.24, 2.45) is 0 Å². The molecule has 0 amide bonds. The summed E-state index contributed by atoms with van der Waals surface area (Å²) >= 11 is 0. The van der Waals surface area contributed by atoms with E-state index in [4.69, 9.17) is 4.74 Å². The fourth-order valence-corrected chi connectivity index (χ4v) is 4.64. The van der Waals surface area contributed by atoms with Gasteiger partial charge in [0.15, 0.2) is 17.8 Å². The van der Waals surface area contributed by atoms with Crippen LogP contribution in [0.15, 0.2) is 94.9 Å². The van der Waals surface area contributed by atoms with Gasteiger partial charge in [0.25, 0.3) is 0 Å². The second-order valence-electron chi connectivity index (χ2n) is 6.95. The maximum absolute atomic E-state index is 13.3. The smallest absolute Gasteiger partial charge is 0.224 e. The predicted molar refractivity (Wildman–Crippen MR) is 119 cm³/mol. The van der Waals surface area contributed by atoms with Crippen molar-refractivity contribution in [1.82, 2.24) is 4.98 Å². The zero-order chi connectivity index (χ0) is 21.8. The van der Waals surface area contributed by atoms with Crippen LogP contribution in [0, 0.1) is 5.21 Å². The van der Waals surface area contributed by atoms with E-state index < -0.39 is 9.84 Å². The molecule has 0 spiro atoms. The molecule has 6 nitrogen and oxygen atoms in total. The first-order valence-electron chi connectivity index (χ1n) is 9.59. The molecule has 0 radical (unpaired) electrons. The molecule has 1 aromatic heterocycles. The van der Waals surface area contributed by atoms with E-state index in [9.17, 15) is 13.6 Å². The number of nitrogens with zero attached hydrogens (tertiary/aromatic N) is 2. The van der Waals surface area contributed by atoms with Crippen LogP contribution < -0.4 is 4.74 Å². The van der Waals surface area contributed by atoms with Gasteiger partial charge in [-0.05, 0) is 36.4 Å². The summed E-state index contributed by atoms with van der Waals surface area (Å²) in [6, 6.07) is 24.1. The fraction of sp³-hybridized carbons (Fsp3) is 0.0833. The molecule has 0 unspecified atom stereocenters. The van der Waals surface area contributed by atoms with Crippen LogP contribution in [0.3, 0.4) is 0 Å². The van der Waals surface area contributed by atoms with Crippen LogP contribution in [-0.4, -0.2) is 31.5 Å². The molecular weight excluding hydrogens is 412 g/mol. The Morgan fingerprint density at radius 1 is 0.968 bits per heavy atom. The van der Waals surface area contributed by atoms with Crippen molar-refractivity contribution >= 4 is 27.0 Å². The van der Waals surface area contributed by atoms with Gasteiger partial charge in [0, 0.05) is 10.9 Å². The van der Waals surface area contributed by atoms with Crippen LogP contribution in [0.5, 0.6) is 5.75 Å². The zero-order valence-electron chi connectivity index (χ0n) is 16.8. The van der Waals surface area contributed by atoms with Crippen LogP contribution in [-0.2, 0) is 16.4 Å². The molecule has 0 bridgehead atoms. The molecule has 0 N–H and O–H groups in total. The summed E-state index contributed by atoms with van der Waals surface area (Å²) < 4.78 is 32.6. The molecule has 4 rings (SSSR count). The molecule has 0 saturated carbocycles. The standard InChI is InChI=1S/C24H20N2O4S/c1-30-21-12-13-23-19(15-21)14-20(17-26(27)16-18-8-4-2-5-9-18)24(25-23)31(28,29)22-10-6-3-7-11-22/h2-15,17H,16H2,1H3/b26-17-. The monoisotopic (exact) mass is 432 g/mol. The molecule has 3 aromatic carbocycles.